The second-order valence-corrected chi connectivity index (χ2v) is 5.16. The normalized spacial score (nSPS) is 11.5. The molecule has 0 spiro atoms. The Kier molecular flexibility index (Phi) is 5.31. The number of esters is 1. The molecule has 1 N–H and O–H groups in total. The van der Waals surface area contributed by atoms with Crippen molar-refractivity contribution < 1.29 is 14.3 Å². The van der Waals surface area contributed by atoms with Crippen molar-refractivity contribution in [1.82, 2.24) is 5.32 Å². The number of rotatable bonds is 5. The molecular weight excluding hydrogens is 278 g/mol. The Hall–Kier alpha value is -2.62. The van der Waals surface area contributed by atoms with Crippen molar-refractivity contribution >= 4 is 11.9 Å². The van der Waals surface area contributed by atoms with Crippen molar-refractivity contribution in [1.29, 1.82) is 0 Å². The predicted octanol–water partition coefficient (Wildman–Crippen LogP) is 3.17. The molecule has 0 unspecified atom stereocenters. The number of nitrogens with one attached hydrogen (secondary N) is 1. The summed E-state index contributed by atoms with van der Waals surface area (Å²) in [6.45, 7) is 3.36. The lowest BCUT2D eigenvalue weighted by Crippen LogP contribution is -2.29. The molecule has 2 aromatic rings. The van der Waals surface area contributed by atoms with E-state index < -0.39 is 6.04 Å². The number of carbonyl (C=O) groups excluding carboxylic acids is 2. The lowest BCUT2D eigenvalue weighted by atomic mass is 10.0. The first-order valence-corrected chi connectivity index (χ1v) is 7.14. The van der Waals surface area contributed by atoms with E-state index in [9.17, 15) is 9.59 Å². The number of hydrogen-bond acceptors (Lipinski definition) is 3. The Balaban J connectivity index is 2.06. The molecule has 4 heteroatoms. The fraction of sp³-hybridized carbons (Fsp3) is 0.222. The van der Waals surface area contributed by atoms with Crippen molar-refractivity contribution in [2.75, 3.05) is 0 Å². The molecule has 1 amide bonds. The van der Waals surface area contributed by atoms with Crippen molar-refractivity contribution in [3.05, 3.63) is 65.7 Å². The van der Waals surface area contributed by atoms with Crippen LogP contribution in [0.2, 0.25) is 0 Å². The van der Waals surface area contributed by atoms with Crippen molar-refractivity contribution in [2.24, 2.45) is 0 Å². The average molecular weight is 297 g/mol. The molecule has 0 aliphatic rings. The fourth-order valence-electron chi connectivity index (χ4n) is 2.20. The molecule has 1 atom stereocenters. The van der Waals surface area contributed by atoms with E-state index in [0.29, 0.717) is 5.75 Å². The summed E-state index contributed by atoms with van der Waals surface area (Å²) in [4.78, 5) is 23.5. The van der Waals surface area contributed by atoms with Gasteiger partial charge in [-0.2, -0.15) is 0 Å². The minimum Gasteiger partial charge on any atom is -0.426 e. The van der Waals surface area contributed by atoms with E-state index in [2.05, 4.69) is 5.32 Å². The van der Waals surface area contributed by atoms with E-state index in [-0.39, 0.29) is 18.3 Å². The number of ether oxygens (including phenoxy) is 1. The third kappa shape index (κ3) is 4.74. The first-order chi connectivity index (χ1) is 10.5. The van der Waals surface area contributed by atoms with Crippen LogP contribution < -0.4 is 10.1 Å². The Morgan fingerprint density at radius 2 is 1.82 bits per heavy atom. The van der Waals surface area contributed by atoms with Gasteiger partial charge in [-0.3, -0.25) is 9.59 Å². The molecule has 0 saturated heterocycles. The second kappa shape index (κ2) is 7.41. The summed E-state index contributed by atoms with van der Waals surface area (Å²) in [5, 5.41) is 2.78. The van der Waals surface area contributed by atoms with Crippen LogP contribution in [0.3, 0.4) is 0 Å². The van der Waals surface area contributed by atoms with E-state index >= 15 is 0 Å². The van der Waals surface area contributed by atoms with Crippen LogP contribution in [0, 0.1) is 6.92 Å². The Morgan fingerprint density at radius 1 is 1.09 bits per heavy atom. The van der Waals surface area contributed by atoms with Gasteiger partial charge in [0.15, 0.2) is 0 Å². The SMILES string of the molecule is CC(=O)N[C@@H](CC(=O)Oc1cccc(C)c1)c1ccccc1. The van der Waals surface area contributed by atoms with Gasteiger partial charge in [-0.25, -0.2) is 0 Å². The van der Waals surface area contributed by atoms with E-state index in [4.69, 9.17) is 4.74 Å². The van der Waals surface area contributed by atoms with Gasteiger partial charge in [0.05, 0.1) is 12.5 Å². The summed E-state index contributed by atoms with van der Waals surface area (Å²) in [6.07, 6.45) is 0.0809. The Bertz CT molecular complexity index is 652. The largest absolute Gasteiger partial charge is 0.426 e. The number of amides is 1. The van der Waals surface area contributed by atoms with Crippen LogP contribution in [0.15, 0.2) is 54.6 Å². The third-order valence-electron chi connectivity index (χ3n) is 3.17. The lowest BCUT2D eigenvalue weighted by molar-refractivity contribution is -0.135. The Labute approximate surface area is 130 Å². The van der Waals surface area contributed by atoms with Gasteiger partial charge in [-0.15, -0.1) is 0 Å². The molecule has 0 radical (unpaired) electrons. The van der Waals surface area contributed by atoms with Gasteiger partial charge in [0.1, 0.15) is 5.75 Å². The molecule has 0 aromatic heterocycles. The van der Waals surface area contributed by atoms with Crippen LogP contribution >= 0.6 is 0 Å². The van der Waals surface area contributed by atoms with Crippen molar-refractivity contribution in [3.63, 3.8) is 0 Å². The summed E-state index contributed by atoms with van der Waals surface area (Å²) in [7, 11) is 0. The van der Waals surface area contributed by atoms with Crippen molar-refractivity contribution in [3.8, 4) is 5.75 Å². The monoisotopic (exact) mass is 297 g/mol. The first kappa shape index (κ1) is 15.8. The maximum Gasteiger partial charge on any atom is 0.313 e. The van der Waals surface area contributed by atoms with Crippen LogP contribution in [-0.4, -0.2) is 11.9 Å². The molecule has 114 valence electrons. The standard InChI is InChI=1S/C18H19NO3/c1-13-7-6-10-16(11-13)22-18(21)12-17(19-14(2)20)15-8-4-3-5-9-15/h3-11,17H,12H2,1-2H3,(H,19,20)/t17-/m0/s1. The zero-order valence-electron chi connectivity index (χ0n) is 12.7. The topological polar surface area (TPSA) is 55.4 Å². The van der Waals surface area contributed by atoms with E-state index in [1.165, 1.54) is 6.92 Å². The molecule has 0 aliphatic carbocycles. The minimum absolute atomic E-state index is 0.0809. The Morgan fingerprint density at radius 3 is 2.45 bits per heavy atom. The zero-order valence-corrected chi connectivity index (χ0v) is 12.7. The van der Waals surface area contributed by atoms with Crippen LogP contribution in [-0.2, 0) is 9.59 Å². The molecule has 0 aliphatic heterocycles. The number of hydrogen-bond donors (Lipinski definition) is 1. The molecule has 2 aromatic carbocycles. The van der Waals surface area contributed by atoms with Gasteiger partial charge in [0.2, 0.25) is 5.91 Å². The minimum atomic E-state index is -0.393. The van der Waals surface area contributed by atoms with Gasteiger partial charge in [-0.1, -0.05) is 42.5 Å². The predicted molar refractivity (Wildman–Crippen MR) is 84.4 cm³/mol. The number of benzene rings is 2. The number of carbonyl (C=O) groups is 2. The summed E-state index contributed by atoms with van der Waals surface area (Å²) < 4.78 is 5.34. The van der Waals surface area contributed by atoms with Gasteiger partial charge in [0, 0.05) is 6.92 Å². The third-order valence-corrected chi connectivity index (χ3v) is 3.17. The van der Waals surface area contributed by atoms with Crippen LogP contribution in [0.5, 0.6) is 5.75 Å². The molecule has 0 fully saturated rings. The highest BCUT2D eigenvalue weighted by molar-refractivity contribution is 5.77. The molecule has 0 heterocycles. The van der Waals surface area contributed by atoms with Gasteiger partial charge >= 0.3 is 5.97 Å². The van der Waals surface area contributed by atoms with Crippen LogP contribution in [0.1, 0.15) is 30.5 Å². The van der Waals surface area contributed by atoms with Gasteiger partial charge < -0.3 is 10.1 Å². The van der Waals surface area contributed by atoms with Gasteiger partial charge in [0.25, 0.3) is 0 Å². The highest BCUT2D eigenvalue weighted by atomic mass is 16.5. The smallest absolute Gasteiger partial charge is 0.313 e. The molecule has 0 saturated carbocycles. The first-order valence-electron chi connectivity index (χ1n) is 7.14. The highest BCUT2D eigenvalue weighted by Gasteiger charge is 2.18. The maximum absolute atomic E-state index is 12.1. The quantitative estimate of drug-likeness (QED) is 0.681. The lowest BCUT2D eigenvalue weighted by Gasteiger charge is -2.17. The summed E-state index contributed by atoms with van der Waals surface area (Å²) in [5.74, 6) is -0.0509. The summed E-state index contributed by atoms with van der Waals surface area (Å²) in [5.41, 5.74) is 1.89. The van der Waals surface area contributed by atoms with Gasteiger partial charge in [-0.05, 0) is 30.2 Å². The van der Waals surface area contributed by atoms with Crippen LogP contribution in [0.4, 0.5) is 0 Å². The molecule has 4 nitrogen and oxygen atoms in total. The summed E-state index contributed by atoms with van der Waals surface area (Å²) >= 11 is 0. The molecular formula is C18H19NO3. The number of aryl methyl sites for hydroxylation is 1. The molecule has 22 heavy (non-hydrogen) atoms. The zero-order chi connectivity index (χ0) is 15.9. The van der Waals surface area contributed by atoms with Crippen LogP contribution in [0.25, 0.3) is 0 Å². The molecule has 2 rings (SSSR count). The highest BCUT2D eigenvalue weighted by Crippen LogP contribution is 2.19. The fourth-order valence-corrected chi connectivity index (χ4v) is 2.20. The summed E-state index contributed by atoms with van der Waals surface area (Å²) in [6, 6.07) is 16.3. The second-order valence-electron chi connectivity index (χ2n) is 5.16. The van der Waals surface area contributed by atoms with E-state index in [1.54, 1.807) is 12.1 Å². The van der Waals surface area contributed by atoms with Crippen molar-refractivity contribution in [2.45, 2.75) is 26.3 Å². The average Bonchev–Trinajstić information content (AvgIpc) is 2.47. The molecule has 0 bridgehead atoms. The maximum atomic E-state index is 12.1. The van der Waals surface area contributed by atoms with E-state index in [1.807, 2.05) is 49.4 Å². The van der Waals surface area contributed by atoms with E-state index in [0.717, 1.165) is 11.1 Å².